The molecule has 0 bridgehead atoms. The molecular weight excluding hydrogens is 286 g/mol. The summed E-state index contributed by atoms with van der Waals surface area (Å²) in [5.74, 6) is 1.58. The van der Waals surface area contributed by atoms with Crippen LogP contribution < -0.4 is 14.8 Å². The lowest BCUT2D eigenvalue weighted by Gasteiger charge is -2.18. The number of aryl methyl sites for hydroxylation is 1. The van der Waals surface area contributed by atoms with Gasteiger partial charge in [-0.3, -0.25) is 0 Å². The summed E-state index contributed by atoms with van der Waals surface area (Å²) in [6, 6.07) is 12.2. The summed E-state index contributed by atoms with van der Waals surface area (Å²) in [6.07, 6.45) is 2.11. The molecule has 0 spiro atoms. The number of halogens is 1. The predicted molar refractivity (Wildman–Crippen MR) is 85.7 cm³/mol. The number of nitrogens with one attached hydrogen (secondary N) is 1. The predicted octanol–water partition coefficient (Wildman–Crippen LogP) is 4.46. The van der Waals surface area contributed by atoms with E-state index in [9.17, 15) is 0 Å². The Morgan fingerprint density at radius 2 is 1.95 bits per heavy atom. The molecule has 0 fully saturated rings. The highest BCUT2D eigenvalue weighted by Crippen LogP contribution is 2.38. The number of rotatable bonds is 4. The summed E-state index contributed by atoms with van der Waals surface area (Å²) in [7, 11) is 3.32. The Morgan fingerprint density at radius 3 is 2.71 bits per heavy atom. The molecule has 0 radical (unpaired) electrons. The topological polar surface area (TPSA) is 30.5 Å². The first-order valence-corrected chi connectivity index (χ1v) is 7.36. The Bertz CT molecular complexity index is 657. The van der Waals surface area contributed by atoms with Gasteiger partial charge in [0, 0.05) is 11.1 Å². The zero-order chi connectivity index (χ0) is 14.8. The van der Waals surface area contributed by atoms with Gasteiger partial charge in [0.2, 0.25) is 0 Å². The Kier molecular flexibility index (Phi) is 3.93. The van der Waals surface area contributed by atoms with Gasteiger partial charge in [-0.2, -0.15) is 0 Å². The van der Waals surface area contributed by atoms with E-state index >= 15 is 0 Å². The molecule has 4 heteroatoms. The molecule has 3 rings (SSSR count). The van der Waals surface area contributed by atoms with Gasteiger partial charge in [-0.15, -0.1) is 0 Å². The minimum Gasteiger partial charge on any atom is -0.497 e. The third-order valence-corrected chi connectivity index (χ3v) is 4.16. The van der Waals surface area contributed by atoms with E-state index in [1.165, 1.54) is 11.1 Å². The van der Waals surface area contributed by atoms with Crippen LogP contribution in [0.5, 0.6) is 11.5 Å². The van der Waals surface area contributed by atoms with Gasteiger partial charge in [-0.05, 0) is 48.2 Å². The van der Waals surface area contributed by atoms with Crippen molar-refractivity contribution in [1.82, 2.24) is 0 Å². The van der Waals surface area contributed by atoms with Crippen molar-refractivity contribution in [1.29, 1.82) is 0 Å². The van der Waals surface area contributed by atoms with Crippen LogP contribution >= 0.6 is 11.6 Å². The quantitative estimate of drug-likeness (QED) is 0.905. The third-order valence-electron chi connectivity index (χ3n) is 3.92. The van der Waals surface area contributed by atoms with E-state index in [0.29, 0.717) is 6.04 Å². The van der Waals surface area contributed by atoms with Crippen molar-refractivity contribution < 1.29 is 9.47 Å². The van der Waals surface area contributed by atoms with E-state index in [4.69, 9.17) is 21.1 Å². The second-order valence-corrected chi connectivity index (χ2v) is 5.58. The Hall–Kier alpha value is -1.87. The van der Waals surface area contributed by atoms with Crippen LogP contribution in [0.15, 0.2) is 36.4 Å². The first-order valence-electron chi connectivity index (χ1n) is 6.98. The van der Waals surface area contributed by atoms with Gasteiger partial charge in [0.1, 0.15) is 11.5 Å². The largest absolute Gasteiger partial charge is 0.497 e. The first-order chi connectivity index (χ1) is 10.2. The van der Waals surface area contributed by atoms with Crippen molar-refractivity contribution in [2.75, 3.05) is 19.5 Å². The van der Waals surface area contributed by atoms with Crippen molar-refractivity contribution in [3.05, 3.63) is 52.5 Å². The van der Waals surface area contributed by atoms with Crippen molar-refractivity contribution in [2.45, 2.75) is 18.9 Å². The average molecular weight is 304 g/mol. The fraction of sp³-hybridized carbons (Fsp3) is 0.294. The van der Waals surface area contributed by atoms with Crippen molar-refractivity contribution in [2.24, 2.45) is 0 Å². The molecule has 2 aromatic carbocycles. The zero-order valence-electron chi connectivity index (χ0n) is 12.2. The van der Waals surface area contributed by atoms with Crippen LogP contribution in [-0.4, -0.2) is 14.2 Å². The van der Waals surface area contributed by atoms with Crippen molar-refractivity contribution in [3.63, 3.8) is 0 Å². The molecule has 0 heterocycles. The SMILES string of the molecule is COc1ccc(NC2CCc3cc(Cl)ccc32)c(OC)c1. The Labute approximate surface area is 129 Å². The van der Waals surface area contributed by atoms with Crippen molar-refractivity contribution >= 4 is 17.3 Å². The van der Waals surface area contributed by atoms with Gasteiger partial charge in [-0.25, -0.2) is 0 Å². The maximum atomic E-state index is 6.06. The molecule has 21 heavy (non-hydrogen) atoms. The summed E-state index contributed by atoms with van der Waals surface area (Å²) < 4.78 is 10.7. The van der Waals surface area contributed by atoms with Crippen LogP contribution in [0.3, 0.4) is 0 Å². The van der Waals surface area contributed by atoms with Gasteiger partial charge in [0.05, 0.1) is 25.9 Å². The van der Waals surface area contributed by atoms with Crippen LogP contribution in [0, 0.1) is 0 Å². The van der Waals surface area contributed by atoms with Gasteiger partial charge < -0.3 is 14.8 Å². The fourth-order valence-corrected chi connectivity index (χ4v) is 3.04. The number of hydrogen-bond acceptors (Lipinski definition) is 3. The van der Waals surface area contributed by atoms with E-state index < -0.39 is 0 Å². The molecule has 110 valence electrons. The van der Waals surface area contributed by atoms with E-state index in [0.717, 1.165) is 35.1 Å². The monoisotopic (exact) mass is 303 g/mol. The standard InChI is InChI=1S/C17H18ClNO2/c1-20-13-5-8-16(17(10-13)21-2)19-15-7-3-11-9-12(18)4-6-14(11)15/h4-6,8-10,15,19H,3,7H2,1-2H3. The molecular formula is C17H18ClNO2. The highest BCUT2D eigenvalue weighted by molar-refractivity contribution is 6.30. The van der Waals surface area contributed by atoms with E-state index in [-0.39, 0.29) is 0 Å². The zero-order valence-corrected chi connectivity index (χ0v) is 12.9. The fourth-order valence-electron chi connectivity index (χ4n) is 2.84. The Balaban J connectivity index is 1.86. The van der Waals surface area contributed by atoms with Gasteiger partial charge in [-0.1, -0.05) is 17.7 Å². The maximum Gasteiger partial charge on any atom is 0.145 e. The van der Waals surface area contributed by atoms with Gasteiger partial charge in [0.25, 0.3) is 0 Å². The summed E-state index contributed by atoms with van der Waals surface area (Å²) in [4.78, 5) is 0. The van der Waals surface area contributed by atoms with E-state index in [1.54, 1.807) is 14.2 Å². The molecule has 0 aliphatic heterocycles. The highest BCUT2D eigenvalue weighted by atomic mass is 35.5. The number of benzene rings is 2. The lowest BCUT2D eigenvalue weighted by atomic mass is 10.1. The second-order valence-electron chi connectivity index (χ2n) is 5.14. The second kappa shape index (κ2) is 5.86. The van der Waals surface area contributed by atoms with E-state index in [2.05, 4.69) is 17.4 Å². The average Bonchev–Trinajstić information content (AvgIpc) is 2.89. The molecule has 0 aromatic heterocycles. The summed E-state index contributed by atoms with van der Waals surface area (Å²) >= 11 is 6.06. The molecule has 1 unspecified atom stereocenters. The van der Waals surface area contributed by atoms with Crippen LogP contribution in [-0.2, 0) is 6.42 Å². The molecule has 0 saturated heterocycles. The van der Waals surface area contributed by atoms with Crippen LogP contribution in [0.25, 0.3) is 0 Å². The van der Waals surface area contributed by atoms with Crippen LogP contribution in [0.4, 0.5) is 5.69 Å². The molecule has 3 nitrogen and oxygen atoms in total. The Morgan fingerprint density at radius 1 is 1.10 bits per heavy atom. The summed E-state index contributed by atoms with van der Waals surface area (Å²) in [6.45, 7) is 0. The van der Waals surface area contributed by atoms with Gasteiger partial charge >= 0.3 is 0 Å². The van der Waals surface area contributed by atoms with Crippen molar-refractivity contribution in [3.8, 4) is 11.5 Å². The summed E-state index contributed by atoms with van der Waals surface area (Å²) in [5, 5.41) is 4.37. The minimum absolute atomic E-state index is 0.291. The number of ether oxygens (including phenoxy) is 2. The molecule has 0 saturated carbocycles. The minimum atomic E-state index is 0.291. The third kappa shape index (κ3) is 2.79. The molecule has 1 aliphatic rings. The molecule has 1 aliphatic carbocycles. The lowest BCUT2D eigenvalue weighted by Crippen LogP contribution is -2.08. The number of hydrogen-bond donors (Lipinski definition) is 1. The molecule has 0 amide bonds. The maximum absolute atomic E-state index is 6.06. The normalized spacial score (nSPS) is 16.4. The first kappa shape index (κ1) is 14.1. The van der Waals surface area contributed by atoms with Gasteiger partial charge in [0.15, 0.2) is 0 Å². The number of anilines is 1. The smallest absolute Gasteiger partial charge is 0.145 e. The van der Waals surface area contributed by atoms with Crippen LogP contribution in [0.2, 0.25) is 5.02 Å². The highest BCUT2D eigenvalue weighted by Gasteiger charge is 2.23. The van der Waals surface area contributed by atoms with E-state index in [1.807, 2.05) is 24.3 Å². The lowest BCUT2D eigenvalue weighted by molar-refractivity contribution is 0.395. The summed E-state index contributed by atoms with van der Waals surface area (Å²) in [5.41, 5.74) is 3.62. The molecule has 1 N–H and O–H groups in total. The number of methoxy groups -OCH3 is 2. The molecule has 1 atom stereocenters. The number of fused-ring (bicyclic) bond motifs is 1. The molecule has 2 aromatic rings. The van der Waals surface area contributed by atoms with Crippen LogP contribution in [0.1, 0.15) is 23.6 Å².